The van der Waals surface area contributed by atoms with Gasteiger partial charge in [-0.1, -0.05) is 22.4 Å². The van der Waals surface area contributed by atoms with Gasteiger partial charge in [-0.2, -0.15) is 0 Å². The molecular weight excluding hydrogens is 272 g/mol. The minimum Gasteiger partial charge on any atom is -0.355 e. The van der Waals surface area contributed by atoms with E-state index in [0.717, 1.165) is 19.3 Å². The van der Waals surface area contributed by atoms with E-state index < -0.39 is 0 Å². The third-order valence-corrected chi connectivity index (χ3v) is 2.48. The van der Waals surface area contributed by atoms with Crippen LogP contribution in [-0.4, -0.2) is 29.7 Å². The molecule has 0 aliphatic carbocycles. The van der Waals surface area contributed by atoms with Crippen molar-refractivity contribution in [3.63, 3.8) is 0 Å². The van der Waals surface area contributed by atoms with Gasteiger partial charge in [-0.3, -0.25) is 9.59 Å². The highest BCUT2D eigenvalue weighted by atomic mass is 79.9. The summed E-state index contributed by atoms with van der Waals surface area (Å²) in [5.74, 6) is 0.122. The van der Waals surface area contributed by atoms with Gasteiger partial charge < -0.3 is 10.6 Å². The molecule has 0 heterocycles. The van der Waals surface area contributed by atoms with Gasteiger partial charge in [0.05, 0.1) is 5.33 Å². The number of rotatable bonds is 8. The normalized spacial score (nSPS) is 10.2. The van der Waals surface area contributed by atoms with Crippen LogP contribution in [0.1, 0.15) is 39.5 Å². The van der Waals surface area contributed by atoms with E-state index in [1.165, 1.54) is 0 Å². The van der Waals surface area contributed by atoms with Crippen molar-refractivity contribution < 1.29 is 9.59 Å². The lowest BCUT2D eigenvalue weighted by atomic mass is 10.2. The number of hydrogen-bond acceptors (Lipinski definition) is 2. The molecule has 0 aliphatic rings. The fourth-order valence-corrected chi connectivity index (χ4v) is 1.45. The number of hydrogen-bond donors (Lipinski definition) is 2. The lowest BCUT2D eigenvalue weighted by Crippen LogP contribution is -2.29. The number of amides is 2. The molecule has 0 rings (SSSR count). The van der Waals surface area contributed by atoms with Crippen molar-refractivity contribution >= 4 is 27.7 Å². The Hall–Kier alpha value is -0.580. The maximum absolute atomic E-state index is 11.3. The van der Waals surface area contributed by atoms with E-state index in [1.54, 1.807) is 0 Å². The van der Waals surface area contributed by atoms with Crippen molar-refractivity contribution in [3.05, 3.63) is 0 Å². The van der Waals surface area contributed by atoms with Gasteiger partial charge in [0, 0.05) is 19.0 Å². The molecule has 94 valence electrons. The van der Waals surface area contributed by atoms with E-state index in [-0.39, 0.29) is 17.9 Å². The predicted octanol–water partition coefficient (Wildman–Crippen LogP) is 1.58. The Balaban J connectivity index is 3.27. The third-order valence-electron chi connectivity index (χ3n) is 1.97. The molecule has 0 bridgehead atoms. The SMILES string of the molecule is CC(C)NC(=O)CCCCCNC(=O)CBr. The largest absolute Gasteiger partial charge is 0.355 e. The van der Waals surface area contributed by atoms with Crippen LogP contribution in [0.5, 0.6) is 0 Å². The molecule has 2 amide bonds. The van der Waals surface area contributed by atoms with Crippen LogP contribution < -0.4 is 10.6 Å². The zero-order chi connectivity index (χ0) is 12.4. The van der Waals surface area contributed by atoms with E-state index in [2.05, 4.69) is 26.6 Å². The fourth-order valence-electron chi connectivity index (χ4n) is 1.26. The second-order valence-electron chi connectivity index (χ2n) is 4.02. The quantitative estimate of drug-likeness (QED) is 0.527. The van der Waals surface area contributed by atoms with E-state index in [4.69, 9.17) is 0 Å². The molecule has 0 fully saturated rings. The van der Waals surface area contributed by atoms with Crippen molar-refractivity contribution in [2.75, 3.05) is 11.9 Å². The highest BCUT2D eigenvalue weighted by molar-refractivity contribution is 9.09. The minimum absolute atomic E-state index is 0.0116. The molecule has 0 aromatic carbocycles. The maximum Gasteiger partial charge on any atom is 0.230 e. The highest BCUT2D eigenvalue weighted by Crippen LogP contribution is 1.99. The Morgan fingerprint density at radius 1 is 1.12 bits per heavy atom. The summed E-state index contributed by atoms with van der Waals surface area (Å²) >= 11 is 3.07. The minimum atomic E-state index is 0.0116. The third kappa shape index (κ3) is 9.96. The van der Waals surface area contributed by atoms with Crippen LogP contribution in [-0.2, 0) is 9.59 Å². The van der Waals surface area contributed by atoms with Crippen LogP contribution in [0.15, 0.2) is 0 Å². The summed E-state index contributed by atoms with van der Waals surface area (Å²) in [6, 6.07) is 0.214. The van der Waals surface area contributed by atoms with Gasteiger partial charge in [0.25, 0.3) is 0 Å². The molecule has 0 saturated heterocycles. The highest BCUT2D eigenvalue weighted by Gasteiger charge is 2.02. The van der Waals surface area contributed by atoms with Gasteiger partial charge in [0.1, 0.15) is 0 Å². The number of alkyl halides is 1. The number of halogens is 1. The smallest absolute Gasteiger partial charge is 0.230 e. The first-order chi connectivity index (χ1) is 7.56. The zero-order valence-electron chi connectivity index (χ0n) is 10.0. The summed E-state index contributed by atoms with van der Waals surface area (Å²) < 4.78 is 0. The second kappa shape index (κ2) is 9.63. The lowest BCUT2D eigenvalue weighted by molar-refractivity contribution is -0.122. The van der Waals surface area contributed by atoms with Gasteiger partial charge >= 0.3 is 0 Å². The molecule has 2 N–H and O–H groups in total. The van der Waals surface area contributed by atoms with Gasteiger partial charge in [-0.15, -0.1) is 0 Å². The second-order valence-corrected chi connectivity index (χ2v) is 4.58. The molecule has 0 unspecified atom stereocenters. The van der Waals surface area contributed by atoms with Gasteiger partial charge in [0.15, 0.2) is 0 Å². The van der Waals surface area contributed by atoms with Crippen LogP contribution >= 0.6 is 15.9 Å². The van der Waals surface area contributed by atoms with Crippen LogP contribution in [0.2, 0.25) is 0 Å². The summed E-state index contributed by atoms with van der Waals surface area (Å²) in [7, 11) is 0. The van der Waals surface area contributed by atoms with Crippen molar-refractivity contribution in [1.29, 1.82) is 0 Å². The van der Waals surface area contributed by atoms with Crippen molar-refractivity contribution in [2.45, 2.75) is 45.6 Å². The van der Waals surface area contributed by atoms with Crippen molar-refractivity contribution in [2.24, 2.45) is 0 Å². The molecule has 0 aliphatic heterocycles. The first-order valence-corrected chi connectivity index (χ1v) is 6.80. The average molecular weight is 293 g/mol. The first-order valence-electron chi connectivity index (χ1n) is 5.68. The topological polar surface area (TPSA) is 58.2 Å². The molecule has 0 saturated carbocycles. The number of carbonyl (C=O) groups is 2. The monoisotopic (exact) mass is 292 g/mol. The van der Waals surface area contributed by atoms with Crippen LogP contribution in [0.4, 0.5) is 0 Å². The Kier molecular flexibility index (Phi) is 9.28. The van der Waals surface area contributed by atoms with E-state index >= 15 is 0 Å². The van der Waals surface area contributed by atoms with Gasteiger partial charge in [-0.25, -0.2) is 0 Å². The standard InChI is InChI=1S/C11H21BrN2O2/c1-9(2)14-10(15)6-4-3-5-7-13-11(16)8-12/h9H,3-8H2,1-2H3,(H,13,16)(H,14,15). The summed E-state index contributed by atoms with van der Waals surface area (Å²) in [4.78, 5) is 22.1. The van der Waals surface area contributed by atoms with Gasteiger partial charge in [0.2, 0.25) is 11.8 Å². The number of unbranched alkanes of at least 4 members (excludes halogenated alkanes) is 2. The van der Waals surface area contributed by atoms with Crippen LogP contribution in [0, 0.1) is 0 Å². The summed E-state index contributed by atoms with van der Waals surface area (Å²) in [6.45, 7) is 4.59. The summed E-state index contributed by atoms with van der Waals surface area (Å²) in [5.41, 5.74) is 0. The number of carbonyl (C=O) groups excluding carboxylic acids is 2. The maximum atomic E-state index is 11.3. The van der Waals surface area contributed by atoms with Crippen LogP contribution in [0.3, 0.4) is 0 Å². The van der Waals surface area contributed by atoms with Crippen molar-refractivity contribution in [1.82, 2.24) is 10.6 Å². The molecule has 0 aromatic heterocycles. The fraction of sp³-hybridized carbons (Fsp3) is 0.818. The average Bonchev–Trinajstić information content (AvgIpc) is 2.21. The van der Waals surface area contributed by atoms with E-state index in [9.17, 15) is 9.59 Å². The first kappa shape index (κ1) is 15.4. The van der Waals surface area contributed by atoms with Crippen molar-refractivity contribution in [3.8, 4) is 0 Å². The molecule has 0 aromatic rings. The summed E-state index contributed by atoms with van der Waals surface area (Å²) in [6.07, 6.45) is 3.34. The van der Waals surface area contributed by atoms with E-state index in [1.807, 2.05) is 13.8 Å². The number of nitrogens with one attached hydrogen (secondary N) is 2. The lowest BCUT2D eigenvalue weighted by Gasteiger charge is -2.07. The Morgan fingerprint density at radius 2 is 1.81 bits per heavy atom. The molecule has 4 nitrogen and oxygen atoms in total. The molecule has 0 radical (unpaired) electrons. The molecule has 0 spiro atoms. The predicted molar refractivity (Wildman–Crippen MR) is 68.6 cm³/mol. The molecule has 16 heavy (non-hydrogen) atoms. The summed E-state index contributed by atoms with van der Waals surface area (Å²) in [5, 5.41) is 5.96. The Bertz CT molecular complexity index is 220. The molecule has 0 atom stereocenters. The molecule has 5 heteroatoms. The van der Waals surface area contributed by atoms with E-state index in [0.29, 0.717) is 18.3 Å². The Labute approximate surface area is 106 Å². The van der Waals surface area contributed by atoms with Gasteiger partial charge in [-0.05, 0) is 26.7 Å². The zero-order valence-corrected chi connectivity index (χ0v) is 11.6. The Morgan fingerprint density at radius 3 is 2.38 bits per heavy atom. The molecular formula is C11H21BrN2O2. The van der Waals surface area contributed by atoms with Crippen LogP contribution in [0.25, 0.3) is 0 Å².